The van der Waals surface area contributed by atoms with Crippen LogP contribution in [0.5, 0.6) is 0 Å². The fraction of sp³-hybridized carbons (Fsp3) is 0.875. The summed E-state index contributed by atoms with van der Waals surface area (Å²) in [7, 11) is 1.16. The Morgan fingerprint density at radius 2 is 1.71 bits per heavy atom. The SMILES string of the molecule is CO[C@H]1C(C(=O)O)O[C@@H](OC2[C@@H](O)C(CO)OC(C)[C@@H]2NC(C)=O)[C@H](O)C1O. The molecular weight excluding hydrogens is 382 g/mol. The van der Waals surface area contributed by atoms with E-state index in [9.17, 15) is 35.1 Å². The molecule has 0 spiro atoms. The van der Waals surface area contributed by atoms with E-state index in [4.69, 9.17) is 18.9 Å². The van der Waals surface area contributed by atoms with Gasteiger partial charge in [-0.15, -0.1) is 0 Å². The minimum Gasteiger partial charge on any atom is -0.479 e. The number of amides is 1. The van der Waals surface area contributed by atoms with Gasteiger partial charge in [0.2, 0.25) is 5.91 Å². The molecular formula is C16H27NO11. The molecule has 2 heterocycles. The highest BCUT2D eigenvalue weighted by Gasteiger charge is 2.52. The first-order valence-corrected chi connectivity index (χ1v) is 8.76. The molecule has 0 saturated carbocycles. The van der Waals surface area contributed by atoms with E-state index in [1.54, 1.807) is 6.92 Å². The van der Waals surface area contributed by atoms with Gasteiger partial charge in [-0.1, -0.05) is 0 Å². The number of rotatable bonds is 6. The summed E-state index contributed by atoms with van der Waals surface area (Å²) in [6, 6.07) is -0.897. The standard InChI is InChI=1S/C16H27NO11/c1-5-8(17-6(2)19)12(9(20)7(4-18)26-5)27-16-11(22)10(21)13(25-3)14(28-16)15(23)24/h5,7-14,16,18,20-22H,4H2,1-3H3,(H,17,19)(H,23,24)/t5?,7?,8-,9-,10?,11+,12?,13+,14?,16+/m0/s1. The summed E-state index contributed by atoms with van der Waals surface area (Å²) in [5, 5.41) is 52.2. The molecule has 2 saturated heterocycles. The number of aliphatic hydroxyl groups is 4. The lowest BCUT2D eigenvalue weighted by Gasteiger charge is -2.47. The zero-order valence-corrected chi connectivity index (χ0v) is 15.7. The first-order valence-electron chi connectivity index (χ1n) is 8.76. The lowest BCUT2D eigenvalue weighted by molar-refractivity contribution is -0.327. The molecule has 12 nitrogen and oxygen atoms in total. The van der Waals surface area contributed by atoms with Crippen molar-refractivity contribution >= 4 is 11.9 Å². The third-order valence-electron chi connectivity index (χ3n) is 4.87. The van der Waals surface area contributed by atoms with Crippen LogP contribution in [0, 0.1) is 0 Å². The highest BCUT2D eigenvalue weighted by molar-refractivity contribution is 5.73. The second-order valence-corrected chi connectivity index (χ2v) is 6.82. The number of carboxylic acids is 1. The molecule has 6 N–H and O–H groups in total. The maximum Gasteiger partial charge on any atom is 0.335 e. The highest BCUT2D eigenvalue weighted by Crippen LogP contribution is 2.30. The predicted molar refractivity (Wildman–Crippen MR) is 89.0 cm³/mol. The number of carbonyl (C=O) groups excluding carboxylic acids is 1. The van der Waals surface area contributed by atoms with E-state index in [0.29, 0.717) is 0 Å². The van der Waals surface area contributed by atoms with Gasteiger partial charge in [-0.3, -0.25) is 4.79 Å². The van der Waals surface area contributed by atoms with E-state index in [1.165, 1.54) is 6.92 Å². The van der Waals surface area contributed by atoms with Crippen LogP contribution in [0.15, 0.2) is 0 Å². The first kappa shape index (κ1) is 22.9. The number of aliphatic hydroxyl groups excluding tert-OH is 4. The van der Waals surface area contributed by atoms with Crippen LogP contribution in [-0.4, -0.2) is 112 Å². The Morgan fingerprint density at radius 1 is 1.07 bits per heavy atom. The van der Waals surface area contributed by atoms with Gasteiger partial charge in [0.1, 0.15) is 36.6 Å². The number of nitrogens with one attached hydrogen (secondary N) is 1. The fourth-order valence-electron chi connectivity index (χ4n) is 3.45. The Hall–Kier alpha value is -1.38. The highest BCUT2D eigenvalue weighted by atomic mass is 16.7. The van der Waals surface area contributed by atoms with Crippen LogP contribution in [-0.2, 0) is 28.5 Å². The summed E-state index contributed by atoms with van der Waals surface area (Å²) in [6.45, 7) is 2.28. The smallest absolute Gasteiger partial charge is 0.335 e. The first-order chi connectivity index (χ1) is 13.1. The Morgan fingerprint density at radius 3 is 2.21 bits per heavy atom. The van der Waals surface area contributed by atoms with E-state index >= 15 is 0 Å². The summed E-state index contributed by atoms with van der Waals surface area (Å²) >= 11 is 0. The van der Waals surface area contributed by atoms with Crippen molar-refractivity contribution in [1.82, 2.24) is 5.32 Å². The van der Waals surface area contributed by atoms with Crippen LogP contribution in [0.1, 0.15) is 13.8 Å². The van der Waals surface area contributed by atoms with Gasteiger partial charge in [0.25, 0.3) is 0 Å². The zero-order valence-electron chi connectivity index (χ0n) is 15.7. The summed E-state index contributed by atoms with van der Waals surface area (Å²) in [4.78, 5) is 23.0. The van der Waals surface area contributed by atoms with Crippen LogP contribution in [0.4, 0.5) is 0 Å². The zero-order chi connectivity index (χ0) is 21.2. The second-order valence-electron chi connectivity index (χ2n) is 6.82. The lowest BCUT2D eigenvalue weighted by Crippen LogP contribution is -2.67. The molecule has 0 aliphatic carbocycles. The normalized spacial score (nSPS) is 44.1. The van der Waals surface area contributed by atoms with Crippen molar-refractivity contribution in [2.45, 2.75) is 75.0 Å². The van der Waals surface area contributed by atoms with Crippen LogP contribution in [0.2, 0.25) is 0 Å². The Bertz CT molecular complexity index is 561. The van der Waals surface area contributed by atoms with Gasteiger partial charge in [0.15, 0.2) is 12.4 Å². The summed E-state index contributed by atoms with van der Waals surface area (Å²) in [5.74, 6) is -1.89. The maximum absolute atomic E-state index is 11.5. The van der Waals surface area contributed by atoms with Crippen molar-refractivity contribution in [2.24, 2.45) is 0 Å². The number of hydrogen-bond acceptors (Lipinski definition) is 10. The minimum absolute atomic E-state index is 0.447. The van der Waals surface area contributed by atoms with Gasteiger partial charge in [-0.2, -0.15) is 0 Å². The second kappa shape index (κ2) is 9.41. The maximum atomic E-state index is 11.5. The molecule has 162 valence electrons. The quantitative estimate of drug-likeness (QED) is 0.256. The number of aliphatic carboxylic acids is 1. The molecule has 0 aromatic heterocycles. The van der Waals surface area contributed by atoms with Crippen molar-refractivity contribution in [3.05, 3.63) is 0 Å². The molecule has 0 aromatic carbocycles. The van der Waals surface area contributed by atoms with E-state index in [2.05, 4.69) is 5.32 Å². The molecule has 2 fully saturated rings. The number of hydrogen-bond donors (Lipinski definition) is 6. The van der Waals surface area contributed by atoms with Gasteiger partial charge < -0.3 is 49.8 Å². The Balaban J connectivity index is 2.26. The molecule has 1 amide bonds. The summed E-state index contributed by atoms with van der Waals surface area (Å²) in [5.41, 5.74) is 0. The lowest BCUT2D eigenvalue weighted by atomic mass is 9.92. The Kier molecular flexibility index (Phi) is 7.70. The molecule has 2 aliphatic heterocycles. The van der Waals surface area contributed by atoms with Crippen LogP contribution >= 0.6 is 0 Å². The average Bonchev–Trinajstić information content (AvgIpc) is 2.63. The third-order valence-corrected chi connectivity index (χ3v) is 4.87. The molecule has 2 rings (SSSR count). The van der Waals surface area contributed by atoms with Crippen molar-refractivity contribution in [2.75, 3.05) is 13.7 Å². The third kappa shape index (κ3) is 4.60. The van der Waals surface area contributed by atoms with Gasteiger partial charge in [0.05, 0.1) is 18.8 Å². The Labute approximate surface area is 160 Å². The monoisotopic (exact) mass is 409 g/mol. The van der Waals surface area contributed by atoms with E-state index < -0.39 is 79.6 Å². The number of methoxy groups -OCH3 is 1. The van der Waals surface area contributed by atoms with Gasteiger partial charge >= 0.3 is 5.97 Å². The van der Waals surface area contributed by atoms with Gasteiger partial charge in [-0.25, -0.2) is 4.79 Å². The van der Waals surface area contributed by atoms with Crippen molar-refractivity contribution in [3.63, 3.8) is 0 Å². The number of ether oxygens (including phenoxy) is 4. The molecule has 5 unspecified atom stereocenters. The number of carbonyl (C=O) groups is 2. The summed E-state index contributed by atoms with van der Waals surface area (Å²) in [6.07, 6.45) is -12.4. The van der Waals surface area contributed by atoms with Gasteiger partial charge in [0, 0.05) is 14.0 Å². The van der Waals surface area contributed by atoms with Crippen LogP contribution in [0.3, 0.4) is 0 Å². The van der Waals surface area contributed by atoms with E-state index in [0.717, 1.165) is 7.11 Å². The van der Waals surface area contributed by atoms with Crippen molar-refractivity contribution in [1.29, 1.82) is 0 Å². The van der Waals surface area contributed by atoms with Gasteiger partial charge in [-0.05, 0) is 6.92 Å². The largest absolute Gasteiger partial charge is 0.479 e. The van der Waals surface area contributed by atoms with Crippen LogP contribution < -0.4 is 5.32 Å². The minimum atomic E-state index is -1.70. The molecule has 0 bridgehead atoms. The molecule has 0 radical (unpaired) electrons. The van der Waals surface area contributed by atoms with Crippen LogP contribution in [0.25, 0.3) is 0 Å². The predicted octanol–water partition coefficient (Wildman–Crippen LogP) is -3.44. The molecule has 2 aliphatic rings. The van der Waals surface area contributed by atoms with Crippen molar-refractivity contribution < 1.29 is 54.1 Å². The topological polar surface area (TPSA) is 184 Å². The number of carboxylic acid groups (broad SMARTS) is 1. The molecule has 12 heteroatoms. The fourth-order valence-corrected chi connectivity index (χ4v) is 3.45. The van der Waals surface area contributed by atoms with E-state index in [1.807, 2.05) is 0 Å². The molecule has 10 atom stereocenters. The average molecular weight is 409 g/mol. The molecule has 28 heavy (non-hydrogen) atoms. The van der Waals surface area contributed by atoms with E-state index in [-0.39, 0.29) is 0 Å². The van der Waals surface area contributed by atoms with Crippen molar-refractivity contribution in [3.8, 4) is 0 Å². The summed E-state index contributed by atoms with van der Waals surface area (Å²) < 4.78 is 21.2. The molecule has 0 aromatic rings.